The Bertz CT molecular complexity index is 1020. The van der Waals surface area contributed by atoms with Crippen LogP contribution < -0.4 is 15.0 Å². The first kappa shape index (κ1) is 19.6. The summed E-state index contributed by atoms with van der Waals surface area (Å²) in [5.74, 6) is -0.967. The molecular formula is C21H21F2N3O2S. The van der Waals surface area contributed by atoms with E-state index >= 15 is 0 Å². The van der Waals surface area contributed by atoms with Crippen molar-refractivity contribution in [1.29, 1.82) is 0 Å². The molecule has 4 rings (SSSR count). The molecule has 1 amide bonds. The van der Waals surface area contributed by atoms with Crippen LogP contribution in [0.2, 0.25) is 0 Å². The molecule has 5 nitrogen and oxygen atoms in total. The second-order valence-corrected chi connectivity index (χ2v) is 8.04. The van der Waals surface area contributed by atoms with Crippen molar-refractivity contribution in [3.05, 3.63) is 53.6 Å². The fraction of sp³-hybridized carbons (Fsp3) is 0.333. The first-order valence-electron chi connectivity index (χ1n) is 9.45. The standard InChI is InChI=1S/C21H21F2N3O2S/c1-28-14-7-8-18-19(10-14)29-21(25-18)26-9-3-4-13(12-26)20(27)24-11-15-16(22)5-2-6-17(15)23/h2,5-8,10,13H,3-4,9,11-12H2,1H3,(H,24,27). The van der Waals surface area contributed by atoms with Crippen molar-refractivity contribution < 1.29 is 18.3 Å². The van der Waals surface area contributed by atoms with Crippen LogP contribution >= 0.6 is 11.3 Å². The minimum Gasteiger partial charge on any atom is -0.497 e. The third kappa shape index (κ3) is 4.17. The minimum absolute atomic E-state index is 0.117. The van der Waals surface area contributed by atoms with Crippen LogP contribution in [0.4, 0.5) is 13.9 Å². The summed E-state index contributed by atoms with van der Waals surface area (Å²) in [6.07, 6.45) is 1.59. The van der Waals surface area contributed by atoms with E-state index in [4.69, 9.17) is 4.74 Å². The number of carbonyl (C=O) groups is 1. The minimum atomic E-state index is -0.652. The van der Waals surface area contributed by atoms with E-state index in [1.165, 1.54) is 18.2 Å². The summed E-state index contributed by atoms with van der Waals surface area (Å²) in [5, 5.41) is 3.55. The van der Waals surface area contributed by atoms with E-state index in [0.717, 1.165) is 40.5 Å². The predicted octanol–water partition coefficient (Wildman–Crippen LogP) is 4.12. The van der Waals surface area contributed by atoms with E-state index < -0.39 is 11.6 Å². The van der Waals surface area contributed by atoms with Crippen molar-refractivity contribution >= 4 is 32.6 Å². The van der Waals surface area contributed by atoms with Crippen molar-refractivity contribution in [2.45, 2.75) is 19.4 Å². The maximum atomic E-state index is 13.8. The molecule has 3 aromatic rings. The molecule has 1 fully saturated rings. The summed E-state index contributed by atoms with van der Waals surface area (Å²) >= 11 is 1.57. The molecule has 0 saturated carbocycles. The summed E-state index contributed by atoms with van der Waals surface area (Å²) in [6.45, 7) is 1.19. The fourth-order valence-electron chi connectivity index (χ4n) is 3.54. The zero-order chi connectivity index (χ0) is 20.4. The largest absolute Gasteiger partial charge is 0.497 e. The molecule has 2 aromatic carbocycles. The average molecular weight is 417 g/mol. The molecule has 2 heterocycles. The molecule has 0 bridgehead atoms. The van der Waals surface area contributed by atoms with Crippen molar-refractivity contribution in [1.82, 2.24) is 10.3 Å². The van der Waals surface area contributed by atoms with Gasteiger partial charge in [0.15, 0.2) is 5.13 Å². The zero-order valence-electron chi connectivity index (χ0n) is 16.0. The van der Waals surface area contributed by atoms with Crippen LogP contribution in [0.5, 0.6) is 5.75 Å². The molecular weight excluding hydrogens is 396 g/mol. The normalized spacial score (nSPS) is 16.8. The van der Waals surface area contributed by atoms with E-state index in [2.05, 4.69) is 15.2 Å². The Morgan fingerprint density at radius 1 is 1.31 bits per heavy atom. The van der Waals surface area contributed by atoms with Gasteiger partial charge in [-0.1, -0.05) is 17.4 Å². The highest BCUT2D eigenvalue weighted by Gasteiger charge is 2.27. The topological polar surface area (TPSA) is 54.5 Å². The molecule has 1 atom stereocenters. The molecule has 1 N–H and O–H groups in total. The van der Waals surface area contributed by atoms with Crippen LogP contribution in [0.25, 0.3) is 10.2 Å². The van der Waals surface area contributed by atoms with Gasteiger partial charge < -0.3 is 15.0 Å². The number of carbonyl (C=O) groups excluding carboxylic acids is 1. The fourth-order valence-corrected chi connectivity index (χ4v) is 4.57. The first-order chi connectivity index (χ1) is 14.0. The van der Waals surface area contributed by atoms with Gasteiger partial charge in [-0.15, -0.1) is 0 Å². The molecule has 0 spiro atoms. The monoisotopic (exact) mass is 417 g/mol. The van der Waals surface area contributed by atoms with Gasteiger partial charge in [0, 0.05) is 25.2 Å². The number of hydrogen-bond acceptors (Lipinski definition) is 5. The van der Waals surface area contributed by atoms with Gasteiger partial charge in [-0.25, -0.2) is 13.8 Å². The number of hydrogen-bond donors (Lipinski definition) is 1. The van der Waals surface area contributed by atoms with Crippen LogP contribution in [0.3, 0.4) is 0 Å². The number of piperidine rings is 1. The number of rotatable bonds is 5. The Morgan fingerprint density at radius 2 is 2.10 bits per heavy atom. The number of nitrogens with one attached hydrogen (secondary N) is 1. The lowest BCUT2D eigenvalue weighted by Crippen LogP contribution is -2.43. The quantitative estimate of drug-likeness (QED) is 0.679. The summed E-state index contributed by atoms with van der Waals surface area (Å²) in [7, 11) is 1.63. The van der Waals surface area contributed by atoms with E-state index in [9.17, 15) is 13.6 Å². The van der Waals surface area contributed by atoms with Crippen LogP contribution in [-0.4, -0.2) is 31.1 Å². The lowest BCUT2D eigenvalue weighted by Gasteiger charge is -2.31. The molecule has 0 radical (unpaired) electrons. The number of benzene rings is 2. The average Bonchev–Trinajstić information content (AvgIpc) is 3.16. The number of anilines is 1. The van der Waals surface area contributed by atoms with E-state index in [0.29, 0.717) is 6.54 Å². The maximum Gasteiger partial charge on any atom is 0.225 e. The lowest BCUT2D eigenvalue weighted by molar-refractivity contribution is -0.125. The summed E-state index contributed by atoms with van der Waals surface area (Å²) in [5.41, 5.74) is 0.779. The number of thiazole rings is 1. The molecule has 8 heteroatoms. The number of aromatic nitrogens is 1. The highest BCUT2D eigenvalue weighted by atomic mass is 32.1. The van der Waals surface area contributed by atoms with E-state index in [1.54, 1.807) is 18.4 Å². The number of amides is 1. The zero-order valence-corrected chi connectivity index (χ0v) is 16.8. The smallest absolute Gasteiger partial charge is 0.225 e. The van der Waals surface area contributed by atoms with E-state index in [-0.39, 0.29) is 23.9 Å². The molecule has 1 unspecified atom stereocenters. The van der Waals surface area contributed by atoms with Crippen molar-refractivity contribution in [2.24, 2.45) is 5.92 Å². The van der Waals surface area contributed by atoms with Crippen LogP contribution in [0.1, 0.15) is 18.4 Å². The van der Waals surface area contributed by atoms with E-state index in [1.807, 2.05) is 18.2 Å². The van der Waals surface area contributed by atoms with Gasteiger partial charge in [0.1, 0.15) is 17.4 Å². The second kappa shape index (κ2) is 8.32. The highest BCUT2D eigenvalue weighted by molar-refractivity contribution is 7.22. The molecule has 1 aliphatic rings. The van der Waals surface area contributed by atoms with Gasteiger partial charge in [0.25, 0.3) is 0 Å². The molecule has 1 aromatic heterocycles. The number of halogens is 2. The first-order valence-corrected chi connectivity index (χ1v) is 10.3. The Kier molecular flexibility index (Phi) is 5.62. The maximum absolute atomic E-state index is 13.8. The van der Waals surface area contributed by atoms with Gasteiger partial charge in [-0.05, 0) is 43.2 Å². The Balaban J connectivity index is 1.43. The van der Waals surface area contributed by atoms with Gasteiger partial charge >= 0.3 is 0 Å². The molecule has 29 heavy (non-hydrogen) atoms. The highest BCUT2D eigenvalue weighted by Crippen LogP contribution is 2.33. The Labute approximate surface area is 171 Å². The third-order valence-corrected chi connectivity index (χ3v) is 6.23. The van der Waals surface area contributed by atoms with Crippen LogP contribution in [-0.2, 0) is 11.3 Å². The number of fused-ring (bicyclic) bond motifs is 1. The number of ether oxygens (including phenoxy) is 1. The molecule has 152 valence electrons. The number of nitrogens with zero attached hydrogens (tertiary/aromatic N) is 2. The molecule has 1 aliphatic heterocycles. The van der Waals surface area contributed by atoms with Gasteiger partial charge in [-0.2, -0.15) is 0 Å². The lowest BCUT2D eigenvalue weighted by atomic mass is 9.97. The van der Waals surface area contributed by atoms with Gasteiger partial charge in [0.2, 0.25) is 5.91 Å². The predicted molar refractivity (Wildman–Crippen MR) is 109 cm³/mol. The van der Waals surface area contributed by atoms with Crippen molar-refractivity contribution in [2.75, 3.05) is 25.1 Å². The summed E-state index contributed by atoms with van der Waals surface area (Å²) in [4.78, 5) is 19.4. The van der Waals surface area contributed by atoms with Crippen LogP contribution in [0.15, 0.2) is 36.4 Å². The van der Waals surface area contributed by atoms with Crippen LogP contribution in [0, 0.1) is 17.6 Å². The van der Waals surface area contributed by atoms with Crippen molar-refractivity contribution in [3.8, 4) is 5.75 Å². The van der Waals surface area contributed by atoms with Crippen molar-refractivity contribution in [3.63, 3.8) is 0 Å². The summed E-state index contributed by atoms with van der Waals surface area (Å²) in [6, 6.07) is 9.44. The molecule has 0 aliphatic carbocycles. The number of methoxy groups -OCH3 is 1. The second-order valence-electron chi connectivity index (χ2n) is 7.03. The Morgan fingerprint density at radius 3 is 2.86 bits per heavy atom. The SMILES string of the molecule is COc1ccc2nc(N3CCCC(C(=O)NCc4c(F)cccc4F)C3)sc2c1. The summed E-state index contributed by atoms with van der Waals surface area (Å²) < 4.78 is 33.8. The Hall–Kier alpha value is -2.74. The van der Waals surface area contributed by atoms with Gasteiger partial charge in [0.05, 0.1) is 23.2 Å². The van der Waals surface area contributed by atoms with Gasteiger partial charge in [-0.3, -0.25) is 4.79 Å². The molecule has 1 saturated heterocycles. The third-order valence-electron chi connectivity index (χ3n) is 5.15.